The van der Waals surface area contributed by atoms with Crippen LogP contribution >= 0.6 is 11.6 Å². The predicted molar refractivity (Wildman–Crippen MR) is 114 cm³/mol. The second-order valence-electron chi connectivity index (χ2n) is 6.28. The first-order valence-corrected chi connectivity index (χ1v) is 10.7. The van der Waals surface area contributed by atoms with Crippen molar-refractivity contribution >= 4 is 39.1 Å². The SMILES string of the molecule is Cc1ccnc(Nc2cc(NCCNS(=O)(=O)c3ccccc3Cl)nc(C)n2)c1. The van der Waals surface area contributed by atoms with E-state index in [0.29, 0.717) is 29.8 Å². The van der Waals surface area contributed by atoms with Gasteiger partial charge < -0.3 is 10.6 Å². The summed E-state index contributed by atoms with van der Waals surface area (Å²) in [6.45, 7) is 4.26. The first-order valence-electron chi connectivity index (χ1n) is 8.87. The Morgan fingerprint density at radius 1 is 0.966 bits per heavy atom. The summed E-state index contributed by atoms with van der Waals surface area (Å²) < 4.78 is 27.2. The van der Waals surface area contributed by atoms with Gasteiger partial charge in [0.2, 0.25) is 10.0 Å². The summed E-state index contributed by atoms with van der Waals surface area (Å²) in [6, 6.07) is 11.9. The molecule has 0 radical (unpaired) electrons. The summed E-state index contributed by atoms with van der Waals surface area (Å²) in [4.78, 5) is 13.0. The van der Waals surface area contributed by atoms with Gasteiger partial charge in [-0.05, 0) is 43.7 Å². The van der Waals surface area contributed by atoms with Crippen LogP contribution in [0.2, 0.25) is 5.02 Å². The number of pyridine rings is 1. The second kappa shape index (κ2) is 9.17. The van der Waals surface area contributed by atoms with Crippen molar-refractivity contribution in [2.24, 2.45) is 0 Å². The van der Waals surface area contributed by atoms with Crippen molar-refractivity contribution in [2.75, 3.05) is 23.7 Å². The molecule has 0 unspecified atom stereocenters. The lowest BCUT2D eigenvalue weighted by Crippen LogP contribution is -2.29. The number of nitrogens with zero attached hydrogens (tertiary/aromatic N) is 3. The Morgan fingerprint density at radius 3 is 2.48 bits per heavy atom. The van der Waals surface area contributed by atoms with Gasteiger partial charge in [0, 0.05) is 25.4 Å². The number of aryl methyl sites for hydroxylation is 2. The molecule has 3 rings (SSSR count). The summed E-state index contributed by atoms with van der Waals surface area (Å²) in [7, 11) is -3.68. The number of anilines is 3. The Morgan fingerprint density at radius 2 is 1.72 bits per heavy atom. The van der Waals surface area contributed by atoms with E-state index in [4.69, 9.17) is 11.6 Å². The van der Waals surface area contributed by atoms with Crippen molar-refractivity contribution in [1.29, 1.82) is 0 Å². The molecule has 0 amide bonds. The number of aromatic nitrogens is 3. The topological polar surface area (TPSA) is 109 Å². The van der Waals surface area contributed by atoms with Crippen LogP contribution in [0.5, 0.6) is 0 Å². The number of benzene rings is 1. The largest absolute Gasteiger partial charge is 0.369 e. The van der Waals surface area contributed by atoms with E-state index in [1.165, 1.54) is 12.1 Å². The van der Waals surface area contributed by atoms with Gasteiger partial charge in [0.05, 0.1) is 5.02 Å². The zero-order valence-corrected chi connectivity index (χ0v) is 17.5. The molecule has 0 fully saturated rings. The summed E-state index contributed by atoms with van der Waals surface area (Å²) in [5, 5.41) is 6.41. The van der Waals surface area contributed by atoms with Crippen molar-refractivity contribution in [3.05, 3.63) is 65.1 Å². The van der Waals surface area contributed by atoms with Gasteiger partial charge in [0.1, 0.15) is 28.2 Å². The van der Waals surface area contributed by atoms with Crippen molar-refractivity contribution < 1.29 is 8.42 Å². The van der Waals surface area contributed by atoms with Gasteiger partial charge in [-0.25, -0.2) is 28.1 Å². The van der Waals surface area contributed by atoms with Crippen molar-refractivity contribution in [3.8, 4) is 0 Å². The highest BCUT2D eigenvalue weighted by Crippen LogP contribution is 2.20. The van der Waals surface area contributed by atoms with Gasteiger partial charge in [-0.15, -0.1) is 0 Å². The molecule has 152 valence electrons. The molecule has 3 aromatic rings. The Kier molecular flexibility index (Phi) is 6.63. The van der Waals surface area contributed by atoms with Gasteiger partial charge in [-0.2, -0.15) is 0 Å². The monoisotopic (exact) mass is 432 g/mol. The molecule has 3 N–H and O–H groups in total. The van der Waals surface area contributed by atoms with E-state index in [1.54, 1.807) is 31.3 Å². The van der Waals surface area contributed by atoms with Crippen LogP contribution in [0.4, 0.5) is 17.5 Å². The average Bonchev–Trinajstić information content (AvgIpc) is 2.65. The van der Waals surface area contributed by atoms with Gasteiger partial charge in [0.25, 0.3) is 0 Å². The minimum atomic E-state index is -3.68. The molecule has 1 aromatic carbocycles. The number of hydrogen-bond donors (Lipinski definition) is 3. The fourth-order valence-electron chi connectivity index (χ4n) is 2.57. The molecule has 0 saturated carbocycles. The van der Waals surface area contributed by atoms with Gasteiger partial charge in [-0.3, -0.25) is 0 Å². The van der Waals surface area contributed by atoms with E-state index < -0.39 is 10.0 Å². The maximum absolute atomic E-state index is 12.3. The minimum absolute atomic E-state index is 0.0525. The van der Waals surface area contributed by atoms with Gasteiger partial charge >= 0.3 is 0 Å². The first kappa shape index (κ1) is 21.0. The minimum Gasteiger partial charge on any atom is -0.369 e. The molecule has 0 aliphatic carbocycles. The van der Waals surface area contributed by atoms with Gasteiger partial charge in [-0.1, -0.05) is 23.7 Å². The number of rotatable bonds is 8. The molecule has 0 spiro atoms. The Balaban J connectivity index is 1.59. The molecular weight excluding hydrogens is 412 g/mol. The Hall–Kier alpha value is -2.75. The molecule has 0 bridgehead atoms. The average molecular weight is 433 g/mol. The molecule has 0 saturated heterocycles. The van der Waals surface area contributed by atoms with Crippen LogP contribution in [0.3, 0.4) is 0 Å². The van der Waals surface area contributed by atoms with E-state index in [-0.39, 0.29) is 16.5 Å². The standard InChI is InChI=1S/C19H21ClN6O2S/c1-13-7-8-21-17(11-13)26-19-12-18(24-14(2)25-19)22-9-10-23-29(27,28)16-6-4-3-5-15(16)20/h3-8,11-12,23H,9-10H2,1-2H3,(H2,21,22,24,25,26). The van der Waals surface area contributed by atoms with Crippen LogP contribution in [-0.2, 0) is 10.0 Å². The third-order valence-electron chi connectivity index (χ3n) is 3.86. The second-order valence-corrected chi connectivity index (χ2v) is 8.43. The lowest BCUT2D eigenvalue weighted by molar-refractivity contribution is 0.583. The highest BCUT2D eigenvalue weighted by Gasteiger charge is 2.16. The highest BCUT2D eigenvalue weighted by molar-refractivity contribution is 7.89. The van der Waals surface area contributed by atoms with E-state index in [1.807, 2.05) is 19.1 Å². The van der Waals surface area contributed by atoms with E-state index in [0.717, 1.165) is 5.56 Å². The quantitative estimate of drug-likeness (QED) is 0.468. The molecule has 2 aromatic heterocycles. The lowest BCUT2D eigenvalue weighted by Gasteiger charge is -2.11. The molecule has 0 aliphatic heterocycles. The third-order valence-corrected chi connectivity index (χ3v) is 5.82. The van der Waals surface area contributed by atoms with Crippen molar-refractivity contribution in [2.45, 2.75) is 18.7 Å². The predicted octanol–water partition coefficient (Wildman–Crippen LogP) is 3.28. The third kappa shape index (κ3) is 5.86. The molecule has 29 heavy (non-hydrogen) atoms. The number of sulfonamides is 1. The smallest absolute Gasteiger partial charge is 0.242 e. The van der Waals surface area contributed by atoms with Crippen molar-refractivity contribution in [3.63, 3.8) is 0 Å². The highest BCUT2D eigenvalue weighted by atomic mass is 35.5. The normalized spacial score (nSPS) is 11.3. The molecule has 8 nitrogen and oxygen atoms in total. The van der Waals surface area contributed by atoms with E-state index in [2.05, 4.69) is 30.3 Å². The summed E-state index contributed by atoms with van der Waals surface area (Å²) in [6.07, 6.45) is 1.72. The molecule has 2 heterocycles. The fourth-order valence-corrected chi connectivity index (χ4v) is 4.12. The van der Waals surface area contributed by atoms with E-state index >= 15 is 0 Å². The van der Waals surface area contributed by atoms with Crippen molar-refractivity contribution in [1.82, 2.24) is 19.7 Å². The molecular formula is C19H21ClN6O2S. The van der Waals surface area contributed by atoms with E-state index in [9.17, 15) is 8.42 Å². The Bertz CT molecular complexity index is 1110. The van der Waals surface area contributed by atoms with Crippen LogP contribution < -0.4 is 15.4 Å². The van der Waals surface area contributed by atoms with Crippen LogP contribution in [0.25, 0.3) is 0 Å². The summed E-state index contributed by atoms with van der Waals surface area (Å²) in [5.74, 6) is 2.42. The molecule has 0 atom stereocenters. The molecule has 10 heteroatoms. The number of halogens is 1. The summed E-state index contributed by atoms with van der Waals surface area (Å²) in [5.41, 5.74) is 1.08. The number of nitrogens with one attached hydrogen (secondary N) is 3. The van der Waals surface area contributed by atoms with Crippen LogP contribution in [0, 0.1) is 13.8 Å². The van der Waals surface area contributed by atoms with Gasteiger partial charge in [0.15, 0.2) is 0 Å². The van der Waals surface area contributed by atoms with Crippen LogP contribution in [0.15, 0.2) is 53.6 Å². The maximum atomic E-state index is 12.3. The molecule has 0 aliphatic rings. The zero-order chi connectivity index (χ0) is 20.9. The Labute approximate surface area is 174 Å². The van der Waals surface area contributed by atoms with Crippen LogP contribution in [-0.4, -0.2) is 36.5 Å². The summed E-state index contributed by atoms with van der Waals surface area (Å²) >= 11 is 5.96. The maximum Gasteiger partial charge on any atom is 0.242 e. The lowest BCUT2D eigenvalue weighted by atomic mass is 10.3. The van der Waals surface area contributed by atoms with Crippen LogP contribution in [0.1, 0.15) is 11.4 Å². The zero-order valence-electron chi connectivity index (χ0n) is 16.0. The number of hydrogen-bond acceptors (Lipinski definition) is 7. The fraction of sp³-hybridized carbons (Fsp3) is 0.211. The first-order chi connectivity index (χ1) is 13.8.